The fourth-order valence-electron chi connectivity index (χ4n) is 11.2. The highest BCUT2D eigenvalue weighted by Gasteiger charge is 2.28. The molecule has 4 aliphatic rings. The number of H-pyrrole nitrogens is 1. The number of amides is 9. The van der Waals surface area contributed by atoms with Gasteiger partial charge < -0.3 is 83.3 Å². The molecule has 4 aromatic carbocycles. The lowest BCUT2D eigenvalue weighted by molar-refractivity contribution is -0.121. The number of phenols is 4. The van der Waals surface area contributed by atoms with Crippen LogP contribution in [-0.4, -0.2) is 269 Å². The van der Waals surface area contributed by atoms with Crippen LogP contribution in [0.1, 0.15) is 89.8 Å². The largest absolute Gasteiger partial charge is 0.506 e. The number of anilines is 1. The van der Waals surface area contributed by atoms with Crippen molar-refractivity contribution < 1.29 is 68.3 Å². The molecule has 0 saturated carbocycles. The summed E-state index contributed by atoms with van der Waals surface area (Å²) in [7, 11) is 0. The number of carbonyl (C=O) groups excluding carboxylic acids is 9. The Morgan fingerprint density at radius 1 is 0.510 bits per heavy atom. The molecule has 32 heteroatoms. The second kappa shape index (κ2) is 35.2. The second-order valence-corrected chi connectivity index (χ2v) is 23.7. The van der Waals surface area contributed by atoms with Gasteiger partial charge in [0.25, 0.3) is 47.3 Å². The van der Waals surface area contributed by atoms with Crippen molar-refractivity contribution >= 4 is 70.3 Å². The van der Waals surface area contributed by atoms with Crippen LogP contribution in [0.4, 0.5) is 5.95 Å². The molecule has 32 nitrogen and oxygen atoms in total. The number of aromatic hydroxyl groups is 4. The Bertz CT molecular complexity index is 4010. The normalized spacial score (nSPS) is 19.9. The van der Waals surface area contributed by atoms with Crippen LogP contribution in [0.5, 0.6) is 28.9 Å². The molecule has 0 aliphatic carbocycles. The molecule has 0 fully saturated rings. The van der Waals surface area contributed by atoms with Crippen molar-refractivity contribution in [1.29, 1.82) is 0 Å². The lowest BCUT2D eigenvalue weighted by atomic mass is 10.1. The van der Waals surface area contributed by atoms with Crippen molar-refractivity contribution in [2.24, 2.45) is 0 Å². The molecule has 10 rings (SSSR count). The van der Waals surface area contributed by atoms with Gasteiger partial charge in [0.05, 0.1) is 57.4 Å². The number of hydrogen-bond acceptors (Lipinski definition) is 22. The SMILES string of the molecule is C=C/C(=C\C=C(/C)COc1nc(N)nc2nc[nH]c12)CNC(=O)CN1CCN2CCNC(=O)c3cccc(c3O)C(=O)NCCN(CCNC(=O)c3cccc(c3O)C1=O)CCN1CCNC(=O)c3cccc(c3O)C(=O)NCCN(CCNC(=O)c3cccc(c3O)C(=O)NCC1)CC2. The maximum Gasteiger partial charge on any atom is 0.258 e. The van der Waals surface area contributed by atoms with Gasteiger partial charge in [-0.2, -0.15) is 9.97 Å². The van der Waals surface area contributed by atoms with Gasteiger partial charge in [0, 0.05) is 137 Å². The van der Waals surface area contributed by atoms with Gasteiger partial charge in [-0.15, -0.1) is 0 Å². The number of fused-ring (bicyclic) bond motifs is 17. The molecule has 0 radical (unpaired) electrons. The number of hydrogen-bond donors (Lipinski definition) is 14. The molecule has 2 atom stereocenters. The predicted octanol–water partition coefficient (Wildman–Crippen LogP) is -0.0884. The lowest BCUT2D eigenvalue weighted by Gasteiger charge is -2.30. The monoisotopic (exact) mass is 1370 g/mol. The summed E-state index contributed by atoms with van der Waals surface area (Å²) in [5.41, 5.74) is 6.31. The molecule has 2 unspecified atom stereocenters. The quantitative estimate of drug-likeness (QED) is 0.0841. The third-order valence-corrected chi connectivity index (χ3v) is 16.9. The first-order valence-electron chi connectivity index (χ1n) is 32.6. The Balaban J connectivity index is 1.07. The van der Waals surface area contributed by atoms with E-state index in [4.69, 9.17) is 10.5 Å². The molecule has 4 aliphatic heterocycles. The summed E-state index contributed by atoms with van der Waals surface area (Å²) >= 11 is 0. The number of nitrogens with one attached hydrogen (secondary N) is 9. The summed E-state index contributed by atoms with van der Waals surface area (Å²) in [5, 5.41) is 68.9. The van der Waals surface area contributed by atoms with E-state index in [-0.39, 0.29) is 200 Å². The number of aromatic amines is 1. The minimum Gasteiger partial charge on any atom is -0.506 e. The van der Waals surface area contributed by atoms with Crippen LogP contribution in [0.3, 0.4) is 0 Å². The number of phenolic OH excluding ortho intramolecular Hbond substituents is 4. The number of imidazole rings is 1. The zero-order chi connectivity index (χ0) is 71.2. The molecule has 6 heterocycles. The summed E-state index contributed by atoms with van der Waals surface area (Å²) in [6.45, 7) is 6.03. The smallest absolute Gasteiger partial charge is 0.258 e. The highest BCUT2D eigenvalue weighted by molar-refractivity contribution is 6.07. The molecular weight excluding hydrogens is 1290 g/mol. The van der Waals surface area contributed by atoms with Gasteiger partial charge in [-0.05, 0) is 66.6 Å². The molecule has 2 aromatic heterocycles. The highest BCUT2D eigenvalue weighted by atomic mass is 16.5. The van der Waals surface area contributed by atoms with Crippen LogP contribution >= 0.6 is 0 Å². The first-order chi connectivity index (χ1) is 48.3. The Morgan fingerprint density at radius 2 is 0.850 bits per heavy atom. The van der Waals surface area contributed by atoms with Gasteiger partial charge in [-0.1, -0.05) is 49.1 Å². The van der Waals surface area contributed by atoms with E-state index in [1.165, 1.54) is 90.1 Å². The molecule has 528 valence electrons. The van der Waals surface area contributed by atoms with E-state index in [1.54, 1.807) is 12.2 Å². The fourth-order valence-corrected chi connectivity index (χ4v) is 11.2. The zero-order valence-electron chi connectivity index (χ0n) is 55.2. The lowest BCUT2D eigenvalue weighted by Crippen LogP contribution is -2.48. The maximum absolute atomic E-state index is 15.1. The number of benzene rings is 4. The van der Waals surface area contributed by atoms with Gasteiger partial charge in [0.2, 0.25) is 17.7 Å². The van der Waals surface area contributed by atoms with Crippen molar-refractivity contribution in [1.82, 2.24) is 87.0 Å². The molecule has 9 amide bonds. The third kappa shape index (κ3) is 19.4. The van der Waals surface area contributed by atoms with E-state index in [0.717, 1.165) is 5.57 Å². The van der Waals surface area contributed by atoms with Gasteiger partial charge in [-0.3, -0.25) is 62.8 Å². The van der Waals surface area contributed by atoms with Gasteiger partial charge in [0.1, 0.15) is 35.1 Å². The Kier molecular flexibility index (Phi) is 25.6. The fraction of sp³-hybridized carbons (Fsp3) is 0.353. The van der Waals surface area contributed by atoms with E-state index in [2.05, 4.69) is 69.0 Å². The van der Waals surface area contributed by atoms with E-state index < -0.39 is 82.7 Å². The van der Waals surface area contributed by atoms with Crippen LogP contribution in [-0.2, 0) is 4.79 Å². The Labute approximate surface area is 575 Å². The average Bonchev–Trinajstić information content (AvgIpc) is 1.29. The van der Waals surface area contributed by atoms with Crippen LogP contribution < -0.4 is 53.0 Å². The molecule has 12 bridgehead atoms. The van der Waals surface area contributed by atoms with Crippen LogP contribution in [0.15, 0.2) is 115 Å². The number of allylic oxidation sites excluding steroid dienone is 2. The number of rotatable bonds is 9. The number of carbonyl (C=O) groups is 9. The van der Waals surface area contributed by atoms with Gasteiger partial charge in [0.15, 0.2) is 5.65 Å². The van der Waals surface area contributed by atoms with Crippen LogP contribution in [0.2, 0.25) is 0 Å². The maximum atomic E-state index is 15.1. The van der Waals surface area contributed by atoms with Crippen molar-refractivity contribution in [3.8, 4) is 28.9 Å². The number of nitrogen functional groups attached to an aromatic ring is 1. The molecule has 15 N–H and O–H groups in total. The standard InChI is InChI=1S/C68H82N18O14/c1-3-43(17-16-42(2)40-100-66-53-58(79-41-78-53)80-68(69)81-66)38-77-52(87)39-86-37-36-85-31-24-76-64(97)49-13-6-12-48(56(49)90)61(94)72-20-27-83(28-23-75-65(98)50-14-7-15-51(57(50)91)67(86)99)33-32-82-25-18-70-59(92)44-8-4-10-46(54(44)88)62(95)73-21-29-84(34-35-85)30-22-74-63(96)47-11-5-9-45(55(47)89)60(93)71-19-26-82/h3-17,41,88-91H,1,18-40H2,2H3,(H,70,92)(H,71,93)(H,72,94)(H,73,95)(H,74,96)(H,75,98)(H,76,97)(H,77,87)(H3,69,78,79,80,81)/b42-16+,43-17+. The second-order valence-electron chi connectivity index (χ2n) is 23.7. The first kappa shape index (κ1) is 72.8. The number of para-hydroxylation sites is 4. The molecule has 6 aromatic rings. The summed E-state index contributed by atoms with van der Waals surface area (Å²) in [6.07, 6.45) is 6.46. The number of nitrogens with two attached hydrogens (primary N) is 1. The minimum absolute atomic E-state index is 0.0121. The summed E-state index contributed by atoms with van der Waals surface area (Å²) in [4.78, 5) is 151. The van der Waals surface area contributed by atoms with E-state index in [0.29, 0.717) is 16.7 Å². The van der Waals surface area contributed by atoms with Gasteiger partial charge in [-0.25, -0.2) is 4.98 Å². The predicted molar refractivity (Wildman–Crippen MR) is 367 cm³/mol. The molecular formula is C68H82N18O14. The molecule has 0 saturated heterocycles. The van der Waals surface area contributed by atoms with E-state index in [9.17, 15) is 58.8 Å². The number of aromatic nitrogens is 4. The van der Waals surface area contributed by atoms with Crippen molar-refractivity contribution in [2.75, 3.05) is 156 Å². The third-order valence-electron chi connectivity index (χ3n) is 16.9. The minimum atomic E-state index is -0.825. The summed E-state index contributed by atoms with van der Waals surface area (Å²) in [5.74, 6) is -8.58. The number of nitrogens with zero attached hydrogens (tertiary/aromatic N) is 8. The van der Waals surface area contributed by atoms with Gasteiger partial charge >= 0.3 is 0 Å². The van der Waals surface area contributed by atoms with Crippen molar-refractivity contribution in [3.63, 3.8) is 0 Å². The van der Waals surface area contributed by atoms with E-state index in [1.807, 2.05) is 26.5 Å². The summed E-state index contributed by atoms with van der Waals surface area (Å²) in [6, 6.07) is 16.7. The Morgan fingerprint density at radius 3 is 1.22 bits per heavy atom. The zero-order valence-corrected chi connectivity index (χ0v) is 55.2. The molecule has 100 heavy (non-hydrogen) atoms. The highest BCUT2D eigenvalue weighted by Crippen LogP contribution is 2.28. The first-order valence-corrected chi connectivity index (χ1v) is 32.6. The molecule has 0 spiro atoms. The number of ether oxygens (including phenoxy) is 1. The average molecular weight is 1380 g/mol. The summed E-state index contributed by atoms with van der Waals surface area (Å²) < 4.78 is 5.92. The van der Waals surface area contributed by atoms with Crippen LogP contribution in [0, 0.1) is 0 Å². The topological polar surface area (TPSA) is 437 Å². The van der Waals surface area contributed by atoms with E-state index >= 15 is 4.79 Å². The Hall–Kier alpha value is -11.5. The van der Waals surface area contributed by atoms with Crippen molar-refractivity contribution in [3.05, 3.63) is 160 Å². The van der Waals surface area contributed by atoms with Crippen LogP contribution in [0.25, 0.3) is 11.2 Å². The van der Waals surface area contributed by atoms with Crippen molar-refractivity contribution in [2.45, 2.75) is 6.92 Å².